The first-order chi connectivity index (χ1) is 32.5. The molecule has 0 radical (unpaired) electrons. The van der Waals surface area contributed by atoms with Gasteiger partial charge in [0.15, 0.2) is 18.7 Å². The van der Waals surface area contributed by atoms with Gasteiger partial charge in [-0.25, -0.2) is 4.98 Å². The number of aromatic nitrogens is 1. The van der Waals surface area contributed by atoms with Crippen molar-refractivity contribution in [2.75, 3.05) is 67.1 Å². The van der Waals surface area contributed by atoms with Gasteiger partial charge in [-0.05, 0) is 90.1 Å². The van der Waals surface area contributed by atoms with Crippen LogP contribution in [0.2, 0.25) is 0 Å². The number of pyridine rings is 1. The Morgan fingerprint density at radius 1 is 0.985 bits per heavy atom. The summed E-state index contributed by atoms with van der Waals surface area (Å²) in [5.74, 6) is 3.65. The van der Waals surface area contributed by atoms with E-state index in [2.05, 4.69) is 22.0 Å². The van der Waals surface area contributed by atoms with Crippen molar-refractivity contribution in [3.8, 4) is 11.8 Å². The van der Waals surface area contributed by atoms with Crippen LogP contribution in [0.4, 0.5) is 5.82 Å². The average molecular weight is 957 g/mol. The highest BCUT2D eigenvalue weighted by molar-refractivity contribution is 5.91. The third-order valence-electron chi connectivity index (χ3n) is 13.5. The van der Waals surface area contributed by atoms with Crippen LogP contribution in [0, 0.1) is 35.5 Å². The van der Waals surface area contributed by atoms with Crippen molar-refractivity contribution in [3.05, 3.63) is 47.7 Å². The van der Waals surface area contributed by atoms with Crippen LogP contribution in [-0.4, -0.2) is 177 Å². The maximum Gasteiger partial charge on any atom is 0.308 e. The number of ketones is 1. The van der Waals surface area contributed by atoms with Gasteiger partial charge in [0.25, 0.3) is 0 Å². The molecule has 16 atom stereocenters. The number of methoxy groups -OCH3 is 2. The van der Waals surface area contributed by atoms with Crippen molar-refractivity contribution in [3.63, 3.8) is 0 Å². The van der Waals surface area contributed by atoms with Gasteiger partial charge in [-0.1, -0.05) is 55.6 Å². The molecule has 1 aromatic rings. The number of aliphatic hydroxyl groups is 3. The molecule has 1 saturated carbocycles. The van der Waals surface area contributed by atoms with Gasteiger partial charge in [-0.3, -0.25) is 9.59 Å². The molecule has 5 rings (SSSR count). The predicted molar refractivity (Wildman–Crippen MR) is 252 cm³/mol. The second-order valence-corrected chi connectivity index (χ2v) is 18.7. The SMILES string of the molecule is CC[C@H]1OC(=O)C[C@H]2OC/C(=N/OCC#Cc3cccc(N)n3)COCCC(C[C@@H](C)C(=O)/C=C/C(C)=C/[C@@H]1CO[C@@H]1CC[C@@H](O)[C@@H](OC)[C@H]1OC)[C@H](O[C@@H]1O[C@H](C)[C@@H](O)[C@H](N(C)C)[C@H]1O)[C@H]2C. The van der Waals surface area contributed by atoms with Crippen molar-refractivity contribution >= 4 is 23.3 Å². The number of fused-ring (bicyclic) bond motifs is 3. The fourth-order valence-corrected chi connectivity index (χ4v) is 9.65. The first kappa shape index (κ1) is 55.1. The molecule has 1 aliphatic carbocycles. The van der Waals surface area contributed by atoms with E-state index in [1.807, 2.05) is 33.8 Å². The van der Waals surface area contributed by atoms with Crippen molar-refractivity contribution < 1.29 is 67.6 Å². The Morgan fingerprint density at radius 2 is 1.75 bits per heavy atom. The number of likely N-dealkylation sites (N-methyl/N-ethyl adjacent to an activating group) is 1. The Kier molecular flexibility index (Phi) is 21.8. The fraction of sp³-hybridized carbons (Fsp3) is 0.720. The highest BCUT2D eigenvalue weighted by Crippen LogP contribution is 2.36. The number of cyclic esters (lactones) is 1. The summed E-state index contributed by atoms with van der Waals surface area (Å²) in [5.41, 5.74) is 7.46. The molecule has 2 saturated heterocycles. The van der Waals surface area contributed by atoms with Crippen LogP contribution >= 0.6 is 0 Å². The smallest absolute Gasteiger partial charge is 0.308 e. The van der Waals surface area contributed by atoms with E-state index in [1.165, 1.54) is 7.11 Å². The van der Waals surface area contributed by atoms with E-state index in [0.29, 0.717) is 49.3 Å². The summed E-state index contributed by atoms with van der Waals surface area (Å²) in [5, 5.41) is 37.7. The number of hydrogen-bond acceptors (Lipinski definition) is 18. The summed E-state index contributed by atoms with van der Waals surface area (Å²) >= 11 is 0. The number of esters is 1. The number of rotatable bonds is 11. The summed E-state index contributed by atoms with van der Waals surface area (Å²) < 4.78 is 50.1. The fourth-order valence-electron chi connectivity index (χ4n) is 9.65. The molecule has 68 heavy (non-hydrogen) atoms. The Hall–Kier alpha value is -3.84. The van der Waals surface area contributed by atoms with Gasteiger partial charge in [0.1, 0.15) is 41.6 Å². The topological polar surface area (TPSA) is 232 Å². The maximum atomic E-state index is 14.4. The van der Waals surface area contributed by atoms with Gasteiger partial charge >= 0.3 is 5.97 Å². The summed E-state index contributed by atoms with van der Waals surface area (Å²) in [7, 11) is 6.63. The van der Waals surface area contributed by atoms with Crippen LogP contribution in [0.3, 0.4) is 0 Å². The Morgan fingerprint density at radius 3 is 2.46 bits per heavy atom. The number of carbonyl (C=O) groups excluding carboxylic acids is 2. The monoisotopic (exact) mass is 957 g/mol. The number of nitrogen functional groups attached to an aromatic ring is 1. The normalized spacial score (nSPS) is 37.8. The quantitative estimate of drug-likeness (QED) is 0.108. The predicted octanol–water partition coefficient (Wildman–Crippen LogP) is 3.24. The summed E-state index contributed by atoms with van der Waals surface area (Å²) in [6.45, 7) is 9.60. The molecular weight excluding hydrogens is 881 g/mol. The van der Waals surface area contributed by atoms with Crippen molar-refractivity contribution in [2.24, 2.45) is 28.8 Å². The molecule has 0 aromatic carbocycles. The average Bonchev–Trinajstić information content (AvgIpc) is 3.32. The molecule has 3 aliphatic heterocycles. The lowest BCUT2D eigenvalue weighted by molar-refractivity contribution is -0.305. The zero-order valence-electron chi connectivity index (χ0n) is 41.2. The lowest BCUT2D eigenvalue weighted by Gasteiger charge is -2.47. The van der Waals surface area contributed by atoms with Crippen LogP contribution in [-0.2, 0) is 52.3 Å². The molecule has 4 heterocycles. The molecule has 18 nitrogen and oxygen atoms in total. The number of hydrogen-bond donors (Lipinski definition) is 4. The molecule has 18 heteroatoms. The molecule has 1 aromatic heterocycles. The van der Waals surface area contributed by atoms with E-state index in [-0.39, 0.29) is 51.2 Å². The molecule has 1 unspecified atom stereocenters. The van der Waals surface area contributed by atoms with Crippen LogP contribution in [0.25, 0.3) is 0 Å². The number of aliphatic hydroxyl groups excluding tert-OH is 3. The standard InChI is InChI=1S/C50H76N4O14/c1-10-39-34(26-63-40-19-18-38(56)48(60-8)49(40)61-9)23-29(2)16-17-37(55)30(3)24-33-20-22-62-27-36(53-65-21-12-14-35-13-11-15-42(51)52-35)28-64-41(25-43(57)67-39)31(4)47(33)68-50-46(59)44(54(6)7)45(58)32(5)66-50/h11,13,15-17,23,30-34,38-41,44-50,56,58-59H,10,18-22,24-28H2,1-9H3,(H2,51,52)/b17-16+,29-23+,53-36+/t30-,31+,32-,33?,34-,38-,39-,40-,41-,44+,45-,46-,47-,48-,49+,50+/m1/s1. The Labute approximate surface area is 401 Å². The van der Waals surface area contributed by atoms with Crippen molar-refractivity contribution in [1.82, 2.24) is 9.88 Å². The van der Waals surface area contributed by atoms with Crippen molar-refractivity contribution in [2.45, 2.75) is 147 Å². The molecule has 3 fully saturated rings. The van der Waals surface area contributed by atoms with Gasteiger partial charge in [0.2, 0.25) is 0 Å². The van der Waals surface area contributed by atoms with Gasteiger partial charge in [-0.15, -0.1) is 0 Å². The third kappa shape index (κ3) is 15.3. The van der Waals surface area contributed by atoms with E-state index in [0.717, 1.165) is 5.57 Å². The first-order valence-electron chi connectivity index (χ1n) is 23.9. The molecule has 0 amide bonds. The summed E-state index contributed by atoms with van der Waals surface area (Å²) in [4.78, 5) is 39.9. The van der Waals surface area contributed by atoms with E-state index < -0.39 is 97.1 Å². The Bertz CT molecular complexity index is 1920. The van der Waals surface area contributed by atoms with Gasteiger partial charge in [0, 0.05) is 38.6 Å². The lowest BCUT2D eigenvalue weighted by Crippen LogP contribution is -2.63. The van der Waals surface area contributed by atoms with E-state index >= 15 is 0 Å². The van der Waals surface area contributed by atoms with Gasteiger partial charge in [-0.2, -0.15) is 0 Å². The largest absolute Gasteiger partial charge is 0.462 e. The molecule has 5 N–H and O–H groups in total. The zero-order valence-corrected chi connectivity index (χ0v) is 41.2. The maximum absolute atomic E-state index is 14.4. The van der Waals surface area contributed by atoms with Crippen LogP contribution < -0.4 is 5.73 Å². The first-order valence-corrected chi connectivity index (χ1v) is 23.9. The minimum atomic E-state index is -1.26. The van der Waals surface area contributed by atoms with Gasteiger partial charge < -0.3 is 68.7 Å². The van der Waals surface area contributed by atoms with E-state index in [4.69, 9.17) is 48.5 Å². The van der Waals surface area contributed by atoms with Crippen LogP contribution in [0.15, 0.2) is 47.2 Å². The molecule has 0 spiro atoms. The molecule has 4 aliphatic rings. The number of allylic oxidation sites excluding steroid dienone is 3. The second-order valence-electron chi connectivity index (χ2n) is 18.7. The van der Waals surface area contributed by atoms with Crippen LogP contribution in [0.1, 0.15) is 78.8 Å². The minimum absolute atomic E-state index is 0.0368. The summed E-state index contributed by atoms with van der Waals surface area (Å²) in [6, 6.07) is 4.45. The minimum Gasteiger partial charge on any atom is -0.462 e. The number of anilines is 1. The highest BCUT2D eigenvalue weighted by atomic mass is 16.7. The van der Waals surface area contributed by atoms with E-state index in [9.17, 15) is 24.9 Å². The molecule has 2 bridgehead atoms. The lowest BCUT2D eigenvalue weighted by atomic mass is 9.79. The number of nitrogens with zero attached hydrogens (tertiary/aromatic N) is 3. The van der Waals surface area contributed by atoms with Crippen molar-refractivity contribution in [1.29, 1.82) is 0 Å². The number of ether oxygens (including phenoxy) is 8. The molecule has 380 valence electrons. The van der Waals surface area contributed by atoms with Gasteiger partial charge in [0.05, 0.1) is 68.9 Å². The number of nitrogens with two attached hydrogens (primary N) is 1. The van der Waals surface area contributed by atoms with E-state index in [1.54, 1.807) is 63.4 Å². The highest BCUT2D eigenvalue weighted by Gasteiger charge is 2.48. The second kappa shape index (κ2) is 26.9. The number of oxime groups is 1. The zero-order chi connectivity index (χ0) is 49.5. The summed E-state index contributed by atoms with van der Waals surface area (Å²) in [6.07, 6.45) is -1.27. The van der Waals surface area contributed by atoms with Crippen LogP contribution in [0.5, 0.6) is 0 Å². The number of carbonyl (C=O) groups is 2. The molecular formula is C50H76N4O14. The third-order valence-corrected chi connectivity index (χ3v) is 13.5. The Balaban J connectivity index is 1.49.